The van der Waals surface area contributed by atoms with Crippen LogP contribution in [0.25, 0.3) is 0 Å². The Balaban J connectivity index is 4.49. The van der Waals surface area contributed by atoms with Gasteiger partial charge in [-0.3, -0.25) is 0 Å². The third-order valence-electron chi connectivity index (χ3n) is 2.01. The van der Waals surface area contributed by atoms with E-state index in [1.807, 2.05) is 0 Å². The van der Waals surface area contributed by atoms with E-state index in [4.69, 9.17) is 0 Å². The van der Waals surface area contributed by atoms with Crippen LogP contribution in [0.5, 0.6) is 0 Å². The Morgan fingerprint density at radius 3 is 1.21 bits per heavy atom. The molecule has 0 atom stereocenters. The lowest BCUT2D eigenvalue weighted by atomic mass is 9.74. The standard InChI is InChI=1S/C12H26O2/c1-10(2,3)7-12(14,9-13)8-11(4,5)6/h13-14H,7-9H2,1-6H3. The van der Waals surface area contributed by atoms with Crippen LogP contribution in [0, 0.1) is 10.8 Å². The second kappa shape index (κ2) is 4.19. The van der Waals surface area contributed by atoms with Crippen molar-refractivity contribution in [2.45, 2.75) is 60.0 Å². The van der Waals surface area contributed by atoms with Crippen molar-refractivity contribution in [2.24, 2.45) is 10.8 Å². The molecule has 2 heteroatoms. The van der Waals surface area contributed by atoms with Crippen LogP contribution in [0.3, 0.4) is 0 Å². The van der Waals surface area contributed by atoms with Gasteiger partial charge in [0, 0.05) is 0 Å². The third-order valence-corrected chi connectivity index (χ3v) is 2.01. The normalized spacial score (nSPS) is 14.6. The molecule has 2 nitrogen and oxygen atoms in total. The van der Waals surface area contributed by atoms with E-state index in [-0.39, 0.29) is 17.4 Å². The fourth-order valence-corrected chi connectivity index (χ4v) is 2.15. The highest BCUT2D eigenvalue weighted by Gasteiger charge is 2.35. The van der Waals surface area contributed by atoms with E-state index >= 15 is 0 Å². The van der Waals surface area contributed by atoms with Gasteiger partial charge in [-0.1, -0.05) is 41.5 Å². The molecule has 2 N–H and O–H groups in total. The summed E-state index contributed by atoms with van der Waals surface area (Å²) < 4.78 is 0. The summed E-state index contributed by atoms with van der Waals surface area (Å²) in [6.45, 7) is 12.3. The van der Waals surface area contributed by atoms with E-state index in [0.29, 0.717) is 12.8 Å². The van der Waals surface area contributed by atoms with Gasteiger partial charge < -0.3 is 10.2 Å². The first-order valence-corrected chi connectivity index (χ1v) is 5.31. The third kappa shape index (κ3) is 6.39. The first kappa shape index (κ1) is 13.9. The molecule has 0 bridgehead atoms. The molecule has 0 aliphatic rings. The SMILES string of the molecule is CC(C)(C)CC(O)(CO)CC(C)(C)C. The van der Waals surface area contributed by atoms with Crippen molar-refractivity contribution in [1.82, 2.24) is 0 Å². The van der Waals surface area contributed by atoms with Gasteiger partial charge in [-0.05, 0) is 23.7 Å². The van der Waals surface area contributed by atoms with Crippen molar-refractivity contribution in [2.75, 3.05) is 6.61 Å². The quantitative estimate of drug-likeness (QED) is 0.738. The van der Waals surface area contributed by atoms with Gasteiger partial charge in [-0.15, -0.1) is 0 Å². The highest BCUT2D eigenvalue weighted by atomic mass is 16.3. The summed E-state index contributed by atoms with van der Waals surface area (Å²) in [5, 5.41) is 19.5. The molecule has 0 heterocycles. The molecule has 0 saturated carbocycles. The summed E-state index contributed by atoms with van der Waals surface area (Å²) in [6, 6.07) is 0. The lowest BCUT2D eigenvalue weighted by molar-refractivity contribution is -0.0688. The molecule has 86 valence electrons. The Morgan fingerprint density at radius 1 is 0.786 bits per heavy atom. The lowest BCUT2D eigenvalue weighted by Gasteiger charge is -2.37. The Hall–Kier alpha value is -0.0800. The van der Waals surface area contributed by atoms with Gasteiger partial charge in [0.05, 0.1) is 12.2 Å². The summed E-state index contributed by atoms with van der Waals surface area (Å²) in [6.07, 6.45) is 1.27. The monoisotopic (exact) mass is 202 g/mol. The number of hydrogen-bond acceptors (Lipinski definition) is 2. The summed E-state index contributed by atoms with van der Waals surface area (Å²) in [5.74, 6) is 0. The zero-order chi connectivity index (χ0) is 11.6. The van der Waals surface area contributed by atoms with E-state index in [9.17, 15) is 10.2 Å². The Kier molecular flexibility index (Phi) is 4.17. The molecule has 0 rings (SSSR count). The van der Waals surface area contributed by atoms with Gasteiger partial charge in [-0.25, -0.2) is 0 Å². The second-order valence-corrected chi connectivity index (χ2v) is 6.86. The average molecular weight is 202 g/mol. The number of rotatable bonds is 3. The van der Waals surface area contributed by atoms with E-state index in [1.165, 1.54) is 0 Å². The molecular weight excluding hydrogens is 176 g/mol. The summed E-state index contributed by atoms with van der Waals surface area (Å²) in [7, 11) is 0. The van der Waals surface area contributed by atoms with Crippen molar-refractivity contribution < 1.29 is 10.2 Å². The molecule has 0 spiro atoms. The first-order chi connectivity index (χ1) is 5.97. The fourth-order valence-electron chi connectivity index (χ4n) is 2.15. The molecular formula is C12H26O2. The second-order valence-electron chi connectivity index (χ2n) is 6.86. The topological polar surface area (TPSA) is 40.5 Å². The van der Waals surface area contributed by atoms with Crippen molar-refractivity contribution in [3.8, 4) is 0 Å². The van der Waals surface area contributed by atoms with Gasteiger partial charge >= 0.3 is 0 Å². The van der Waals surface area contributed by atoms with Gasteiger partial charge in [-0.2, -0.15) is 0 Å². The molecule has 0 saturated heterocycles. The maximum Gasteiger partial charge on any atom is 0.0887 e. The minimum Gasteiger partial charge on any atom is -0.393 e. The van der Waals surface area contributed by atoms with Gasteiger partial charge in [0.2, 0.25) is 0 Å². The maximum absolute atomic E-state index is 10.2. The van der Waals surface area contributed by atoms with Crippen molar-refractivity contribution in [3.05, 3.63) is 0 Å². The molecule has 0 amide bonds. The molecule has 14 heavy (non-hydrogen) atoms. The highest BCUT2D eigenvalue weighted by Crippen LogP contribution is 2.35. The van der Waals surface area contributed by atoms with Crippen LogP contribution in [-0.2, 0) is 0 Å². The smallest absolute Gasteiger partial charge is 0.0887 e. The maximum atomic E-state index is 10.2. The minimum absolute atomic E-state index is 0.0444. The van der Waals surface area contributed by atoms with Crippen LogP contribution in [0.4, 0.5) is 0 Å². The van der Waals surface area contributed by atoms with Crippen LogP contribution in [0.2, 0.25) is 0 Å². The Bertz CT molecular complexity index is 156. The summed E-state index contributed by atoms with van der Waals surface area (Å²) in [5.41, 5.74) is -0.845. The van der Waals surface area contributed by atoms with E-state index in [0.717, 1.165) is 0 Å². The molecule has 0 fully saturated rings. The van der Waals surface area contributed by atoms with Crippen molar-refractivity contribution in [3.63, 3.8) is 0 Å². The number of aliphatic hydroxyl groups excluding tert-OH is 1. The zero-order valence-electron chi connectivity index (χ0n) is 10.5. The van der Waals surface area contributed by atoms with Crippen molar-refractivity contribution in [1.29, 1.82) is 0 Å². The summed E-state index contributed by atoms with van der Waals surface area (Å²) in [4.78, 5) is 0. The predicted octanol–water partition coefficient (Wildman–Crippen LogP) is 2.58. The zero-order valence-corrected chi connectivity index (χ0v) is 10.5. The number of hydrogen-bond donors (Lipinski definition) is 2. The van der Waals surface area contributed by atoms with E-state index < -0.39 is 5.60 Å². The molecule has 0 aromatic heterocycles. The lowest BCUT2D eigenvalue weighted by Crippen LogP contribution is -2.40. The first-order valence-electron chi connectivity index (χ1n) is 5.31. The Labute approximate surface area is 88.3 Å². The molecule has 0 unspecified atom stereocenters. The molecule has 0 aliphatic heterocycles. The average Bonchev–Trinajstić information content (AvgIpc) is 1.78. The highest BCUT2D eigenvalue weighted by molar-refractivity contribution is 4.87. The minimum atomic E-state index is -0.934. The van der Waals surface area contributed by atoms with Crippen LogP contribution in [-0.4, -0.2) is 22.4 Å². The molecule has 0 aromatic carbocycles. The van der Waals surface area contributed by atoms with Crippen LogP contribution in [0.1, 0.15) is 54.4 Å². The molecule has 0 aromatic rings. The van der Waals surface area contributed by atoms with Crippen LogP contribution < -0.4 is 0 Å². The van der Waals surface area contributed by atoms with E-state index in [2.05, 4.69) is 41.5 Å². The van der Waals surface area contributed by atoms with Gasteiger partial charge in [0.1, 0.15) is 0 Å². The van der Waals surface area contributed by atoms with Gasteiger partial charge in [0.25, 0.3) is 0 Å². The predicted molar refractivity (Wildman–Crippen MR) is 60.2 cm³/mol. The largest absolute Gasteiger partial charge is 0.393 e. The Morgan fingerprint density at radius 2 is 1.07 bits per heavy atom. The van der Waals surface area contributed by atoms with Gasteiger partial charge in [0.15, 0.2) is 0 Å². The van der Waals surface area contributed by atoms with Crippen LogP contribution >= 0.6 is 0 Å². The summed E-state index contributed by atoms with van der Waals surface area (Å²) >= 11 is 0. The van der Waals surface area contributed by atoms with Crippen molar-refractivity contribution >= 4 is 0 Å². The van der Waals surface area contributed by atoms with Crippen LogP contribution in [0.15, 0.2) is 0 Å². The van der Waals surface area contributed by atoms with E-state index in [1.54, 1.807) is 0 Å². The number of aliphatic hydroxyl groups is 2. The molecule has 0 aliphatic carbocycles. The molecule has 0 radical (unpaired) electrons. The fraction of sp³-hybridized carbons (Fsp3) is 1.00.